The van der Waals surface area contributed by atoms with Crippen molar-refractivity contribution >= 4 is 34.3 Å². The van der Waals surface area contributed by atoms with Gasteiger partial charge >= 0.3 is 5.97 Å². The molecule has 0 unspecified atom stereocenters. The summed E-state index contributed by atoms with van der Waals surface area (Å²) in [4.78, 5) is 26.3. The third-order valence-electron chi connectivity index (χ3n) is 4.51. The summed E-state index contributed by atoms with van der Waals surface area (Å²) in [5.41, 5.74) is 2.89. The molecule has 0 bridgehead atoms. The summed E-state index contributed by atoms with van der Waals surface area (Å²) in [6, 6.07) is 16.9. The van der Waals surface area contributed by atoms with E-state index in [9.17, 15) is 9.59 Å². The largest absolute Gasteiger partial charge is 0.468 e. The van der Waals surface area contributed by atoms with Crippen LogP contribution in [0.1, 0.15) is 27.7 Å². The lowest BCUT2D eigenvalue weighted by Gasteiger charge is -2.08. The lowest BCUT2D eigenvalue weighted by molar-refractivity contribution is -0.111. The lowest BCUT2D eigenvalue weighted by atomic mass is 10.0. The molecule has 0 spiro atoms. The summed E-state index contributed by atoms with van der Waals surface area (Å²) in [5, 5.41) is 3.31. The number of thiophene rings is 1. The van der Waals surface area contributed by atoms with E-state index in [0.29, 0.717) is 16.3 Å². The topological polar surface area (TPSA) is 73.9 Å². The lowest BCUT2D eigenvalue weighted by Crippen LogP contribution is -2.12. The molecule has 3 rings (SSSR count). The van der Waals surface area contributed by atoms with Gasteiger partial charge in [-0.15, -0.1) is 11.3 Å². The van der Waals surface area contributed by atoms with Crippen LogP contribution in [0.5, 0.6) is 5.75 Å². The number of nitrogens with one attached hydrogen (secondary N) is 1. The molecule has 0 atom stereocenters. The maximum Gasteiger partial charge on any atom is 0.341 e. The first kappa shape index (κ1) is 23.2. The van der Waals surface area contributed by atoms with Crippen LogP contribution >= 0.6 is 11.3 Å². The van der Waals surface area contributed by atoms with E-state index in [4.69, 9.17) is 14.2 Å². The molecule has 166 valence electrons. The van der Waals surface area contributed by atoms with E-state index in [0.717, 1.165) is 21.6 Å². The SMILES string of the molecule is CCOC(=O)c1c(NC(=O)/C=C/c2ccc(OCOC)cc2)sc(C)c1-c1ccccc1. The Morgan fingerprint density at radius 1 is 1.06 bits per heavy atom. The Balaban J connectivity index is 1.81. The van der Waals surface area contributed by atoms with E-state index in [-0.39, 0.29) is 19.3 Å². The van der Waals surface area contributed by atoms with Crippen molar-refractivity contribution in [2.45, 2.75) is 13.8 Å². The summed E-state index contributed by atoms with van der Waals surface area (Å²) in [5.74, 6) is -0.118. The summed E-state index contributed by atoms with van der Waals surface area (Å²) >= 11 is 1.35. The first-order chi connectivity index (χ1) is 15.5. The van der Waals surface area contributed by atoms with Crippen LogP contribution in [0.4, 0.5) is 5.00 Å². The van der Waals surface area contributed by atoms with Crippen molar-refractivity contribution in [3.8, 4) is 16.9 Å². The third-order valence-corrected chi connectivity index (χ3v) is 5.53. The molecule has 0 aliphatic heterocycles. The fourth-order valence-corrected chi connectivity index (χ4v) is 4.18. The Kier molecular flexibility index (Phi) is 8.19. The average Bonchev–Trinajstić information content (AvgIpc) is 3.13. The molecule has 3 aromatic rings. The number of rotatable bonds is 9. The average molecular weight is 452 g/mol. The third kappa shape index (κ3) is 5.84. The maximum atomic E-state index is 12.7. The Morgan fingerprint density at radius 2 is 1.78 bits per heavy atom. The predicted molar refractivity (Wildman–Crippen MR) is 127 cm³/mol. The van der Waals surface area contributed by atoms with E-state index >= 15 is 0 Å². The van der Waals surface area contributed by atoms with Gasteiger partial charge in [-0.3, -0.25) is 4.79 Å². The molecule has 0 saturated carbocycles. The molecule has 1 N–H and O–H groups in total. The van der Waals surface area contributed by atoms with Crippen LogP contribution in [-0.2, 0) is 14.3 Å². The molecule has 0 saturated heterocycles. The fourth-order valence-electron chi connectivity index (χ4n) is 3.11. The Morgan fingerprint density at radius 3 is 2.44 bits per heavy atom. The van der Waals surface area contributed by atoms with Crippen molar-refractivity contribution in [2.75, 3.05) is 25.8 Å². The number of hydrogen-bond acceptors (Lipinski definition) is 6. The van der Waals surface area contributed by atoms with E-state index in [1.54, 1.807) is 32.2 Å². The molecule has 6 nitrogen and oxygen atoms in total. The number of anilines is 1. The predicted octanol–water partition coefficient (Wildman–Crippen LogP) is 5.53. The quantitative estimate of drug-likeness (QED) is 0.263. The monoisotopic (exact) mass is 451 g/mol. The van der Waals surface area contributed by atoms with Crippen LogP contribution in [0, 0.1) is 6.92 Å². The van der Waals surface area contributed by atoms with Crippen LogP contribution in [0.3, 0.4) is 0 Å². The number of amides is 1. The smallest absolute Gasteiger partial charge is 0.341 e. The van der Waals surface area contributed by atoms with Crippen molar-refractivity contribution < 1.29 is 23.8 Å². The molecule has 1 aromatic heterocycles. The summed E-state index contributed by atoms with van der Waals surface area (Å²) < 4.78 is 15.5. The van der Waals surface area contributed by atoms with Gasteiger partial charge in [-0.25, -0.2) is 4.79 Å². The number of aryl methyl sites for hydroxylation is 1. The Labute approximate surface area is 191 Å². The van der Waals surface area contributed by atoms with E-state index in [1.165, 1.54) is 17.4 Å². The van der Waals surface area contributed by atoms with Crippen molar-refractivity contribution in [2.24, 2.45) is 0 Å². The van der Waals surface area contributed by atoms with Gasteiger partial charge in [0.05, 0.1) is 6.61 Å². The second kappa shape index (κ2) is 11.3. The fraction of sp³-hybridized carbons (Fsp3) is 0.200. The second-order valence-corrected chi connectivity index (χ2v) is 7.99. The van der Waals surface area contributed by atoms with Crippen molar-refractivity contribution in [3.63, 3.8) is 0 Å². The zero-order valence-corrected chi connectivity index (χ0v) is 19.0. The minimum Gasteiger partial charge on any atom is -0.468 e. The van der Waals surface area contributed by atoms with Gasteiger partial charge in [-0.2, -0.15) is 0 Å². The molecule has 0 radical (unpaired) electrons. The van der Waals surface area contributed by atoms with E-state index in [2.05, 4.69) is 5.32 Å². The van der Waals surface area contributed by atoms with Gasteiger partial charge < -0.3 is 19.5 Å². The summed E-state index contributed by atoms with van der Waals surface area (Å²) in [6.07, 6.45) is 3.12. The summed E-state index contributed by atoms with van der Waals surface area (Å²) in [6.45, 7) is 4.10. The van der Waals surface area contributed by atoms with Crippen LogP contribution in [0.25, 0.3) is 17.2 Å². The van der Waals surface area contributed by atoms with Crippen LogP contribution < -0.4 is 10.1 Å². The number of carbonyl (C=O) groups excluding carboxylic acids is 2. The molecule has 2 aromatic carbocycles. The zero-order chi connectivity index (χ0) is 22.9. The van der Waals surface area contributed by atoms with Crippen molar-refractivity contribution in [1.29, 1.82) is 0 Å². The standard InChI is InChI=1S/C25H25NO5S/c1-4-30-25(28)23-22(19-8-6-5-7-9-19)17(2)32-24(23)26-21(27)15-12-18-10-13-20(14-11-18)31-16-29-3/h5-15H,4,16H2,1-3H3,(H,26,27)/b15-12+. The zero-order valence-electron chi connectivity index (χ0n) is 18.2. The molecule has 1 heterocycles. The minimum atomic E-state index is -0.457. The van der Waals surface area contributed by atoms with E-state index in [1.807, 2.05) is 49.4 Å². The molecule has 0 fully saturated rings. The highest BCUT2D eigenvalue weighted by molar-refractivity contribution is 7.17. The van der Waals surface area contributed by atoms with Crippen LogP contribution in [0.2, 0.25) is 0 Å². The number of esters is 1. The van der Waals surface area contributed by atoms with Crippen LogP contribution in [0.15, 0.2) is 60.7 Å². The molecule has 0 aliphatic carbocycles. The van der Waals surface area contributed by atoms with Crippen molar-refractivity contribution in [1.82, 2.24) is 0 Å². The number of ether oxygens (including phenoxy) is 3. The van der Waals surface area contributed by atoms with Gasteiger partial charge in [0.2, 0.25) is 5.91 Å². The van der Waals surface area contributed by atoms with Gasteiger partial charge in [-0.05, 0) is 43.2 Å². The minimum absolute atomic E-state index is 0.172. The van der Waals surface area contributed by atoms with Gasteiger partial charge in [0.25, 0.3) is 0 Å². The molecule has 1 amide bonds. The van der Waals surface area contributed by atoms with Gasteiger partial charge in [0.15, 0.2) is 6.79 Å². The molecular weight excluding hydrogens is 426 g/mol. The highest BCUT2D eigenvalue weighted by Gasteiger charge is 2.25. The van der Waals surface area contributed by atoms with E-state index < -0.39 is 5.97 Å². The van der Waals surface area contributed by atoms with Gasteiger partial charge in [-0.1, -0.05) is 42.5 Å². The molecular formula is C25H25NO5S. The van der Waals surface area contributed by atoms with Crippen LogP contribution in [-0.4, -0.2) is 32.4 Å². The number of carbonyl (C=O) groups is 2. The second-order valence-electron chi connectivity index (χ2n) is 6.77. The van der Waals surface area contributed by atoms with Gasteiger partial charge in [0, 0.05) is 23.6 Å². The first-order valence-corrected chi connectivity index (χ1v) is 10.9. The maximum absolute atomic E-state index is 12.7. The van der Waals surface area contributed by atoms with Crippen molar-refractivity contribution in [3.05, 3.63) is 76.7 Å². The number of hydrogen-bond donors (Lipinski definition) is 1. The number of benzene rings is 2. The molecule has 32 heavy (non-hydrogen) atoms. The molecule has 7 heteroatoms. The summed E-state index contributed by atoms with van der Waals surface area (Å²) in [7, 11) is 1.56. The first-order valence-electron chi connectivity index (χ1n) is 10.1. The highest BCUT2D eigenvalue weighted by atomic mass is 32.1. The highest BCUT2D eigenvalue weighted by Crippen LogP contribution is 2.40. The Bertz CT molecular complexity index is 1090. The molecule has 0 aliphatic rings. The Hall–Kier alpha value is -3.42. The number of methoxy groups -OCH3 is 1. The van der Waals surface area contributed by atoms with Gasteiger partial charge in [0.1, 0.15) is 16.3 Å². The normalized spacial score (nSPS) is 10.8.